The van der Waals surface area contributed by atoms with Crippen LogP contribution in [0.5, 0.6) is 11.5 Å². The molecule has 1 rings (SSSR count). The summed E-state index contributed by atoms with van der Waals surface area (Å²) < 4.78 is 0. The lowest BCUT2D eigenvalue weighted by Gasteiger charge is -2.17. The summed E-state index contributed by atoms with van der Waals surface area (Å²) in [5.74, 6) is -0.150. The zero-order valence-electron chi connectivity index (χ0n) is 11.6. The van der Waals surface area contributed by atoms with E-state index >= 15 is 0 Å². The fraction of sp³-hybridized carbons (Fsp3) is 0.500. The molecular weight excluding hydrogens is 264 g/mol. The number of aromatic hydroxyl groups is 2. The Morgan fingerprint density at radius 3 is 2.26 bits per heavy atom. The number of thioether (sulfide) groups is 1. The molecule has 0 heterocycles. The van der Waals surface area contributed by atoms with Crippen molar-refractivity contribution in [2.45, 2.75) is 39.7 Å². The topological polar surface area (TPSA) is 77.8 Å². The molecule has 0 aromatic heterocycles. The molecule has 0 aliphatic rings. The molecule has 0 fully saturated rings. The number of carbonyl (C=O) groups is 1. The van der Waals surface area contributed by atoms with E-state index < -0.39 is 6.10 Å². The van der Waals surface area contributed by atoms with Crippen molar-refractivity contribution in [2.75, 3.05) is 6.26 Å². The van der Waals surface area contributed by atoms with Crippen LogP contribution in [0.4, 0.5) is 0 Å². The van der Waals surface area contributed by atoms with Gasteiger partial charge in [0.2, 0.25) is 5.12 Å². The minimum Gasteiger partial charge on any atom is -0.507 e. The highest BCUT2D eigenvalue weighted by atomic mass is 32.2. The third kappa shape index (κ3) is 3.22. The number of phenols is 2. The highest BCUT2D eigenvalue weighted by Crippen LogP contribution is 2.39. The molecule has 19 heavy (non-hydrogen) atoms. The van der Waals surface area contributed by atoms with Crippen LogP contribution in [0.2, 0.25) is 0 Å². The van der Waals surface area contributed by atoms with Crippen LogP contribution in [-0.4, -0.2) is 32.8 Å². The van der Waals surface area contributed by atoms with Gasteiger partial charge in [0.15, 0.2) is 0 Å². The summed E-state index contributed by atoms with van der Waals surface area (Å²) in [6.07, 6.45) is 2.13. The molecule has 0 unspecified atom stereocenters. The number of phenolic OH excluding ortho intramolecular Hbond substituents is 2. The third-order valence-corrected chi connectivity index (χ3v) is 3.84. The van der Waals surface area contributed by atoms with Crippen LogP contribution in [0, 0.1) is 13.8 Å². The van der Waals surface area contributed by atoms with Gasteiger partial charge in [-0.1, -0.05) is 11.8 Å². The molecule has 0 amide bonds. The van der Waals surface area contributed by atoms with Crippen LogP contribution in [0.3, 0.4) is 0 Å². The number of benzene rings is 1. The minimum atomic E-state index is -0.479. The van der Waals surface area contributed by atoms with Gasteiger partial charge < -0.3 is 15.3 Å². The van der Waals surface area contributed by atoms with Crippen LogP contribution in [-0.2, 0) is 6.42 Å². The van der Waals surface area contributed by atoms with E-state index in [9.17, 15) is 20.1 Å². The monoisotopic (exact) mass is 284 g/mol. The molecule has 1 aromatic rings. The standard InChI is InChI=1S/C14H20O4S/c1-7(15)5-6-10-8(2)11(14(18)19-4)13(17)9(3)12(10)16/h7,15-17H,5-6H2,1-4H3/t7-/m1/s1. The van der Waals surface area contributed by atoms with Gasteiger partial charge in [-0.25, -0.2) is 0 Å². The minimum absolute atomic E-state index is 0.00769. The van der Waals surface area contributed by atoms with E-state index in [0.717, 1.165) is 11.8 Å². The first-order chi connectivity index (χ1) is 8.81. The number of carbonyl (C=O) groups excluding carboxylic acids is 1. The molecule has 0 bridgehead atoms. The molecule has 4 nitrogen and oxygen atoms in total. The van der Waals surface area contributed by atoms with Crippen molar-refractivity contribution in [2.24, 2.45) is 0 Å². The summed E-state index contributed by atoms with van der Waals surface area (Å²) in [5, 5.41) is 29.2. The van der Waals surface area contributed by atoms with Gasteiger partial charge in [0.1, 0.15) is 11.5 Å². The molecule has 0 spiro atoms. The lowest BCUT2D eigenvalue weighted by Crippen LogP contribution is -2.07. The van der Waals surface area contributed by atoms with Gasteiger partial charge in [-0.2, -0.15) is 0 Å². The summed E-state index contributed by atoms with van der Waals surface area (Å²) in [5.41, 5.74) is 1.76. The Kier molecular flexibility index (Phi) is 5.26. The van der Waals surface area contributed by atoms with Crippen LogP contribution in [0.15, 0.2) is 0 Å². The highest BCUT2D eigenvalue weighted by Gasteiger charge is 2.22. The van der Waals surface area contributed by atoms with Crippen molar-refractivity contribution < 1.29 is 20.1 Å². The molecule has 0 aliphatic heterocycles. The normalized spacial score (nSPS) is 12.5. The first-order valence-electron chi connectivity index (χ1n) is 6.11. The Hall–Kier alpha value is -1.20. The average Bonchev–Trinajstić information content (AvgIpc) is 2.35. The third-order valence-electron chi connectivity index (χ3n) is 3.26. The Labute approximate surface area is 117 Å². The predicted octanol–water partition coefficient (Wildman–Crippen LogP) is 2.53. The first-order valence-corrected chi connectivity index (χ1v) is 7.34. The maximum Gasteiger partial charge on any atom is 0.223 e. The lowest BCUT2D eigenvalue weighted by molar-refractivity contribution is 0.108. The molecular formula is C14H20O4S. The lowest BCUT2D eigenvalue weighted by atomic mass is 9.93. The molecule has 1 atom stereocenters. The fourth-order valence-electron chi connectivity index (χ4n) is 2.04. The molecule has 5 heteroatoms. The van der Waals surface area contributed by atoms with Crippen molar-refractivity contribution in [1.29, 1.82) is 0 Å². The Morgan fingerprint density at radius 2 is 1.79 bits per heavy atom. The fourth-order valence-corrected chi connectivity index (χ4v) is 2.50. The smallest absolute Gasteiger partial charge is 0.223 e. The maximum absolute atomic E-state index is 11.9. The van der Waals surface area contributed by atoms with Crippen LogP contribution in [0.1, 0.15) is 40.4 Å². The van der Waals surface area contributed by atoms with Gasteiger partial charge in [-0.05, 0) is 51.0 Å². The second-order valence-electron chi connectivity index (χ2n) is 4.68. The number of rotatable bonds is 4. The summed E-state index contributed by atoms with van der Waals surface area (Å²) >= 11 is 1.02. The average molecular weight is 284 g/mol. The summed E-state index contributed by atoms with van der Waals surface area (Å²) in [6.45, 7) is 4.96. The van der Waals surface area contributed by atoms with E-state index in [-0.39, 0.29) is 22.2 Å². The van der Waals surface area contributed by atoms with E-state index in [0.29, 0.717) is 29.5 Å². The highest BCUT2D eigenvalue weighted by molar-refractivity contribution is 8.13. The SMILES string of the molecule is CSC(=O)c1c(C)c(CC[C@@H](C)O)c(O)c(C)c1O. The molecule has 106 valence electrons. The largest absolute Gasteiger partial charge is 0.507 e. The quantitative estimate of drug-likeness (QED) is 0.792. The van der Waals surface area contributed by atoms with E-state index in [1.165, 1.54) is 0 Å². The van der Waals surface area contributed by atoms with Gasteiger partial charge in [0, 0.05) is 5.56 Å². The zero-order chi connectivity index (χ0) is 14.7. The molecule has 0 radical (unpaired) electrons. The first kappa shape index (κ1) is 15.9. The van der Waals surface area contributed by atoms with Crippen molar-refractivity contribution in [3.8, 4) is 11.5 Å². The number of aliphatic hydroxyl groups is 1. The zero-order valence-corrected chi connectivity index (χ0v) is 12.5. The number of hydrogen-bond acceptors (Lipinski definition) is 5. The van der Waals surface area contributed by atoms with Gasteiger partial charge in [0.25, 0.3) is 0 Å². The number of hydrogen-bond donors (Lipinski definition) is 3. The van der Waals surface area contributed by atoms with Gasteiger partial charge in [0.05, 0.1) is 11.7 Å². The van der Waals surface area contributed by atoms with Crippen LogP contribution < -0.4 is 0 Å². The molecule has 3 N–H and O–H groups in total. The van der Waals surface area contributed by atoms with E-state index in [1.807, 2.05) is 0 Å². The van der Waals surface area contributed by atoms with Gasteiger partial charge >= 0.3 is 0 Å². The summed E-state index contributed by atoms with van der Waals surface area (Å²) in [4.78, 5) is 11.9. The van der Waals surface area contributed by atoms with Crippen LogP contribution in [0.25, 0.3) is 0 Å². The predicted molar refractivity (Wildman–Crippen MR) is 77.1 cm³/mol. The van der Waals surface area contributed by atoms with Crippen molar-refractivity contribution in [1.82, 2.24) is 0 Å². The molecule has 0 saturated heterocycles. The molecule has 0 saturated carbocycles. The van der Waals surface area contributed by atoms with E-state index in [2.05, 4.69) is 0 Å². The maximum atomic E-state index is 11.9. The summed E-state index contributed by atoms with van der Waals surface area (Å²) in [7, 11) is 0. The number of aliphatic hydroxyl groups excluding tert-OH is 1. The summed E-state index contributed by atoms with van der Waals surface area (Å²) in [6, 6.07) is 0. The Balaban J connectivity index is 3.39. The van der Waals surface area contributed by atoms with Gasteiger partial charge in [-0.3, -0.25) is 4.79 Å². The second kappa shape index (κ2) is 6.30. The second-order valence-corrected chi connectivity index (χ2v) is 5.46. The van der Waals surface area contributed by atoms with Crippen molar-refractivity contribution in [3.63, 3.8) is 0 Å². The van der Waals surface area contributed by atoms with Crippen molar-refractivity contribution in [3.05, 3.63) is 22.3 Å². The molecule has 0 aliphatic carbocycles. The van der Waals surface area contributed by atoms with Crippen molar-refractivity contribution >= 4 is 16.9 Å². The molecule has 1 aromatic carbocycles. The van der Waals surface area contributed by atoms with E-state index in [1.54, 1.807) is 27.0 Å². The van der Waals surface area contributed by atoms with Crippen LogP contribution >= 0.6 is 11.8 Å². The van der Waals surface area contributed by atoms with Gasteiger partial charge in [-0.15, -0.1) is 0 Å². The Morgan fingerprint density at radius 1 is 1.21 bits per heavy atom. The van der Waals surface area contributed by atoms with E-state index in [4.69, 9.17) is 0 Å². The Bertz CT molecular complexity index is 495.